The van der Waals surface area contributed by atoms with Gasteiger partial charge in [-0.2, -0.15) is 0 Å². The summed E-state index contributed by atoms with van der Waals surface area (Å²) in [6.07, 6.45) is 0.727. The predicted octanol–water partition coefficient (Wildman–Crippen LogP) is 4.42. The Kier molecular flexibility index (Phi) is 6.37. The van der Waals surface area contributed by atoms with E-state index >= 15 is 0 Å². The third-order valence-electron chi connectivity index (χ3n) is 5.64. The first-order valence-corrected chi connectivity index (χ1v) is 11.4. The molecule has 160 valence electrons. The smallest absolute Gasteiger partial charge is 0.254 e. The first-order valence-electron chi connectivity index (χ1n) is 10.5. The van der Waals surface area contributed by atoms with Gasteiger partial charge in [0.2, 0.25) is 5.91 Å². The standard InChI is InChI=1S/C25H26N2O3S/c1-3-30-18-12-10-17(11-13-18)14-15-26-24(28)22-19-7-4-5-8-20(19)25(29)27(2)23(22)21-9-6-16-31-21/h4-13,16,22-23H,3,14-15H2,1-2H3,(H,26,28)/t22-,23-/m1/s1. The van der Waals surface area contributed by atoms with E-state index in [0.29, 0.717) is 18.7 Å². The third-order valence-corrected chi connectivity index (χ3v) is 6.59. The maximum Gasteiger partial charge on any atom is 0.254 e. The van der Waals surface area contributed by atoms with Crippen molar-refractivity contribution >= 4 is 23.2 Å². The molecule has 31 heavy (non-hydrogen) atoms. The normalized spacial score (nSPS) is 17.9. The average molecular weight is 435 g/mol. The van der Waals surface area contributed by atoms with Crippen LogP contribution >= 0.6 is 11.3 Å². The molecule has 2 heterocycles. The maximum absolute atomic E-state index is 13.4. The van der Waals surface area contributed by atoms with Crippen LogP contribution < -0.4 is 10.1 Å². The molecule has 2 amide bonds. The zero-order chi connectivity index (χ0) is 21.8. The molecule has 0 bridgehead atoms. The van der Waals surface area contributed by atoms with Gasteiger partial charge in [0.1, 0.15) is 5.75 Å². The molecule has 2 atom stereocenters. The average Bonchev–Trinajstić information content (AvgIpc) is 3.32. The summed E-state index contributed by atoms with van der Waals surface area (Å²) in [7, 11) is 1.78. The topological polar surface area (TPSA) is 58.6 Å². The summed E-state index contributed by atoms with van der Waals surface area (Å²) in [4.78, 5) is 29.0. The van der Waals surface area contributed by atoms with Crippen LogP contribution in [0.15, 0.2) is 66.0 Å². The number of likely N-dealkylation sites (N-methyl/N-ethyl adjacent to an activating group) is 1. The van der Waals surface area contributed by atoms with Gasteiger partial charge in [-0.3, -0.25) is 9.59 Å². The van der Waals surface area contributed by atoms with E-state index in [-0.39, 0.29) is 17.9 Å². The van der Waals surface area contributed by atoms with Crippen molar-refractivity contribution in [2.75, 3.05) is 20.2 Å². The van der Waals surface area contributed by atoms with Gasteiger partial charge < -0.3 is 15.0 Å². The molecule has 0 saturated heterocycles. The van der Waals surface area contributed by atoms with Crippen LogP contribution in [0.1, 0.15) is 45.2 Å². The summed E-state index contributed by atoms with van der Waals surface area (Å²) >= 11 is 1.57. The van der Waals surface area contributed by atoms with E-state index in [4.69, 9.17) is 4.74 Å². The number of nitrogens with one attached hydrogen (secondary N) is 1. The minimum atomic E-state index is -0.446. The zero-order valence-electron chi connectivity index (χ0n) is 17.7. The second-order valence-corrected chi connectivity index (χ2v) is 8.54. The Bertz CT molecular complexity index is 1050. The Labute approximate surface area is 186 Å². The minimum absolute atomic E-state index is 0.0487. The van der Waals surface area contributed by atoms with E-state index in [1.165, 1.54) is 0 Å². The van der Waals surface area contributed by atoms with Crippen LogP contribution in [-0.4, -0.2) is 36.9 Å². The fourth-order valence-corrected chi connectivity index (χ4v) is 5.04. The Balaban J connectivity index is 1.53. The number of carbonyl (C=O) groups excluding carboxylic acids is 2. The molecule has 6 heteroatoms. The molecule has 0 aliphatic carbocycles. The number of carbonyl (C=O) groups is 2. The van der Waals surface area contributed by atoms with Gasteiger partial charge >= 0.3 is 0 Å². The molecule has 0 spiro atoms. The fraction of sp³-hybridized carbons (Fsp3) is 0.280. The summed E-state index contributed by atoms with van der Waals surface area (Å²) < 4.78 is 5.48. The molecule has 4 rings (SSSR count). The van der Waals surface area contributed by atoms with Gasteiger partial charge in [-0.15, -0.1) is 11.3 Å². The summed E-state index contributed by atoms with van der Waals surface area (Å²) in [6, 6.07) is 19.0. The molecule has 0 saturated carbocycles. The lowest BCUT2D eigenvalue weighted by atomic mass is 9.81. The van der Waals surface area contributed by atoms with Crippen LogP contribution in [0.2, 0.25) is 0 Å². The van der Waals surface area contributed by atoms with Crippen molar-refractivity contribution in [3.8, 4) is 5.75 Å². The molecule has 3 aromatic rings. The van der Waals surface area contributed by atoms with Crippen molar-refractivity contribution < 1.29 is 14.3 Å². The molecule has 1 N–H and O–H groups in total. The van der Waals surface area contributed by atoms with E-state index < -0.39 is 5.92 Å². The van der Waals surface area contributed by atoms with Crippen LogP contribution in [0, 0.1) is 0 Å². The van der Waals surface area contributed by atoms with Crippen LogP contribution in [0.5, 0.6) is 5.75 Å². The molecule has 0 fully saturated rings. The number of nitrogens with zero attached hydrogens (tertiary/aromatic N) is 1. The Morgan fingerprint density at radius 3 is 2.58 bits per heavy atom. The van der Waals surface area contributed by atoms with E-state index in [1.54, 1.807) is 29.4 Å². The molecule has 0 radical (unpaired) electrons. The van der Waals surface area contributed by atoms with Crippen molar-refractivity contribution in [3.63, 3.8) is 0 Å². The lowest BCUT2D eigenvalue weighted by Crippen LogP contribution is -2.45. The Morgan fingerprint density at radius 1 is 1.10 bits per heavy atom. The molecule has 1 aliphatic heterocycles. The second-order valence-electron chi connectivity index (χ2n) is 7.56. The van der Waals surface area contributed by atoms with Gasteiger partial charge in [0.25, 0.3) is 5.91 Å². The fourth-order valence-electron chi connectivity index (χ4n) is 4.13. The van der Waals surface area contributed by atoms with Crippen molar-refractivity contribution in [1.82, 2.24) is 10.2 Å². The highest BCUT2D eigenvalue weighted by molar-refractivity contribution is 7.10. The number of hydrogen-bond donors (Lipinski definition) is 1. The van der Waals surface area contributed by atoms with Gasteiger partial charge in [-0.25, -0.2) is 0 Å². The van der Waals surface area contributed by atoms with E-state index in [1.807, 2.05) is 66.9 Å². The van der Waals surface area contributed by atoms with E-state index in [2.05, 4.69) is 5.32 Å². The van der Waals surface area contributed by atoms with Crippen molar-refractivity contribution in [2.45, 2.75) is 25.3 Å². The second kappa shape index (κ2) is 9.35. The van der Waals surface area contributed by atoms with E-state index in [9.17, 15) is 9.59 Å². The molecular formula is C25H26N2O3S. The van der Waals surface area contributed by atoms with Gasteiger partial charge in [0, 0.05) is 24.0 Å². The summed E-state index contributed by atoms with van der Waals surface area (Å²) in [5.41, 5.74) is 2.53. The summed E-state index contributed by atoms with van der Waals surface area (Å²) in [5.74, 6) is 0.294. The van der Waals surface area contributed by atoms with E-state index in [0.717, 1.165) is 28.2 Å². The largest absolute Gasteiger partial charge is 0.494 e. The first-order chi connectivity index (χ1) is 15.1. The SMILES string of the molecule is CCOc1ccc(CCNC(=O)[C@@H]2c3ccccc3C(=O)N(C)[C@@H]2c2cccs2)cc1. The Morgan fingerprint density at radius 2 is 1.87 bits per heavy atom. The quantitative estimate of drug-likeness (QED) is 0.599. The monoisotopic (exact) mass is 434 g/mol. The minimum Gasteiger partial charge on any atom is -0.494 e. The first kappa shape index (κ1) is 21.1. The summed E-state index contributed by atoms with van der Waals surface area (Å²) in [5, 5.41) is 5.09. The molecular weight excluding hydrogens is 408 g/mol. The number of amides is 2. The highest BCUT2D eigenvalue weighted by Gasteiger charge is 2.42. The lowest BCUT2D eigenvalue weighted by Gasteiger charge is -2.39. The maximum atomic E-state index is 13.4. The van der Waals surface area contributed by atoms with Crippen molar-refractivity contribution in [2.24, 2.45) is 0 Å². The van der Waals surface area contributed by atoms with Crippen LogP contribution in [-0.2, 0) is 11.2 Å². The lowest BCUT2D eigenvalue weighted by molar-refractivity contribution is -0.124. The van der Waals surface area contributed by atoms with Gasteiger partial charge in [0.05, 0.1) is 18.6 Å². The molecule has 0 unspecified atom stereocenters. The van der Waals surface area contributed by atoms with Gasteiger partial charge in [-0.1, -0.05) is 36.4 Å². The number of rotatable bonds is 7. The predicted molar refractivity (Wildman–Crippen MR) is 123 cm³/mol. The number of ether oxygens (including phenoxy) is 1. The van der Waals surface area contributed by atoms with Crippen LogP contribution in [0.4, 0.5) is 0 Å². The summed E-state index contributed by atoms with van der Waals surface area (Å²) in [6.45, 7) is 3.13. The highest BCUT2D eigenvalue weighted by atomic mass is 32.1. The number of thiophene rings is 1. The van der Waals surface area contributed by atoms with Crippen LogP contribution in [0.25, 0.3) is 0 Å². The molecule has 1 aromatic heterocycles. The van der Waals surface area contributed by atoms with Gasteiger partial charge in [-0.05, 0) is 54.1 Å². The number of hydrogen-bond acceptors (Lipinski definition) is 4. The number of benzene rings is 2. The molecule has 1 aliphatic rings. The Hall–Kier alpha value is -3.12. The highest BCUT2D eigenvalue weighted by Crippen LogP contribution is 2.43. The van der Waals surface area contributed by atoms with Crippen LogP contribution in [0.3, 0.4) is 0 Å². The number of fused-ring (bicyclic) bond motifs is 1. The zero-order valence-corrected chi connectivity index (χ0v) is 18.5. The molecule has 5 nitrogen and oxygen atoms in total. The third kappa shape index (κ3) is 4.35. The van der Waals surface area contributed by atoms with Crippen molar-refractivity contribution in [3.05, 3.63) is 87.6 Å². The molecule has 2 aromatic carbocycles. The van der Waals surface area contributed by atoms with Crippen molar-refractivity contribution in [1.29, 1.82) is 0 Å². The van der Waals surface area contributed by atoms with Gasteiger partial charge in [0.15, 0.2) is 0 Å².